The molecule has 29 heavy (non-hydrogen) atoms. The first-order valence-electron chi connectivity index (χ1n) is 10.4. The zero-order valence-electron chi connectivity index (χ0n) is 17.4. The van der Waals surface area contributed by atoms with E-state index in [0.29, 0.717) is 13.1 Å². The Labute approximate surface area is 179 Å². The normalized spacial score (nSPS) is 15.4. The lowest BCUT2D eigenvalue weighted by Crippen LogP contribution is -2.46. The molecule has 1 fully saturated rings. The lowest BCUT2D eigenvalue weighted by molar-refractivity contribution is 0.270. The van der Waals surface area contributed by atoms with E-state index >= 15 is 0 Å². The molecule has 1 aromatic heterocycles. The molecule has 0 amide bonds. The molecule has 0 saturated carbocycles. The predicted molar refractivity (Wildman–Crippen MR) is 122 cm³/mol. The number of guanidine groups is 1. The lowest BCUT2D eigenvalue weighted by Gasteiger charge is -2.34. The summed E-state index contributed by atoms with van der Waals surface area (Å²) in [6.45, 7) is 11.8. The van der Waals surface area contributed by atoms with Crippen molar-refractivity contribution in [3.05, 3.63) is 58.7 Å². The number of aromatic nitrogens is 1. The first-order chi connectivity index (χ1) is 14.2. The smallest absolute Gasteiger partial charge is 0.191 e. The lowest BCUT2D eigenvalue weighted by atomic mass is 10.2. The third-order valence-corrected chi connectivity index (χ3v) is 5.30. The minimum atomic E-state index is 0.585. The summed E-state index contributed by atoms with van der Waals surface area (Å²) in [6.07, 6.45) is 1.94. The van der Waals surface area contributed by atoms with Crippen LogP contribution in [0, 0.1) is 0 Å². The quantitative estimate of drug-likeness (QED) is 0.538. The summed E-state index contributed by atoms with van der Waals surface area (Å²) < 4.78 is 0. The Hall–Kier alpha value is -2.31. The zero-order valence-corrected chi connectivity index (χ0v) is 18.1. The van der Waals surface area contributed by atoms with Gasteiger partial charge in [-0.3, -0.25) is 0 Å². The van der Waals surface area contributed by atoms with Crippen molar-refractivity contribution in [2.24, 2.45) is 4.99 Å². The number of aliphatic imine (C=N–C) groups is 1. The minimum Gasteiger partial charge on any atom is -0.357 e. The van der Waals surface area contributed by atoms with Gasteiger partial charge < -0.3 is 20.4 Å². The van der Waals surface area contributed by atoms with Gasteiger partial charge in [0.2, 0.25) is 0 Å². The SMILES string of the molecule is CCNC(=NCc1ccc(N2CCN(CC)CC2)nc1)NCc1cccc(Cl)c1. The van der Waals surface area contributed by atoms with E-state index in [4.69, 9.17) is 11.6 Å². The Bertz CT molecular complexity index is 784. The molecule has 1 aliphatic rings. The first-order valence-corrected chi connectivity index (χ1v) is 10.7. The van der Waals surface area contributed by atoms with E-state index in [2.05, 4.69) is 56.4 Å². The van der Waals surface area contributed by atoms with Crippen molar-refractivity contribution in [1.82, 2.24) is 20.5 Å². The maximum Gasteiger partial charge on any atom is 0.191 e. The third-order valence-electron chi connectivity index (χ3n) is 5.07. The van der Waals surface area contributed by atoms with E-state index in [1.165, 1.54) is 0 Å². The van der Waals surface area contributed by atoms with Crippen LogP contribution >= 0.6 is 11.6 Å². The number of halogens is 1. The Morgan fingerprint density at radius 2 is 1.90 bits per heavy atom. The Morgan fingerprint density at radius 1 is 1.07 bits per heavy atom. The Morgan fingerprint density at radius 3 is 2.55 bits per heavy atom. The molecule has 1 aliphatic heterocycles. The van der Waals surface area contributed by atoms with Crippen LogP contribution in [0.2, 0.25) is 5.02 Å². The molecule has 6 nitrogen and oxygen atoms in total. The van der Waals surface area contributed by atoms with Crippen molar-refractivity contribution >= 4 is 23.4 Å². The summed E-state index contributed by atoms with van der Waals surface area (Å²) in [5, 5.41) is 7.38. The molecule has 2 heterocycles. The monoisotopic (exact) mass is 414 g/mol. The van der Waals surface area contributed by atoms with Crippen LogP contribution in [0.3, 0.4) is 0 Å². The van der Waals surface area contributed by atoms with Gasteiger partial charge in [-0.2, -0.15) is 0 Å². The van der Waals surface area contributed by atoms with Gasteiger partial charge in [0, 0.05) is 50.5 Å². The average Bonchev–Trinajstić information content (AvgIpc) is 2.76. The molecular weight excluding hydrogens is 384 g/mol. The summed E-state index contributed by atoms with van der Waals surface area (Å²) in [5.41, 5.74) is 2.22. The molecule has 0 radical (unpaired) electrons. The second kappa shape index (κ2) is 11.0. The molecule has 0 atom stereocenters. The standard InChI is InChI=1S/C22H31ClN6/c1-3-24-22(26-15-18-6-5-7-20(23)14-18)27-17-19-8-9-21(25-16-19)29-12-10-28(4-2)11-13-29/h5-9,14,16H,3-4,10-13,15,17H2,1-2H3,(H2,24,26,27). The first kappa shape index (κ1) is 21.4. The molecule has 0 bridgehead atoms. The number of anilines is 1. The maximum atomic E-state index is 6.06. The largest absolute Gasteiger partial charge is 0.357 e. The highest BCUT2D eigenvalue weighted by atomic mass is 35.5. The topological polar surface area (TPSA) is 55.8 Å². The van der Waals surface area contributed by atoms with Crippen LogP contribution in [0.1, 0.15) is 25.0 Å². The highest BCUT2D eigenvalue weighted by Crippen LogP contribution is 2.14. The van der Waals surface area contributed by atoms with E-state index in [1.807, 2.05) is 30.5 Å². The number of benzene rings is 1. The van der Waals surface area contributed by atoms with Gasteiger partial charge in [-0.1, -0.05) is 36.7 Å². The van der Waals surface area contributed by atoms with Crippen molar-refractivity contribution in [3.63, 3.8) is 0 Å². The van der Waals surface area contributed by atoms with Gasteiger partial charge in [-0.15, -0.1) is 0 Å². The number of pyridine rings is 1. The van der Waals surface area contributed by atoms with Crippen LogP contribution in [0.25, 0.3) is 0 Å². The molecule has 2 N–H and O–H groups in total. The van der Waals surface area contributed by atoms with E-state index in [9.17, 15) is 0 Å². The number of rotatable bonds is 7. The van der Waals surface area contributed by atoms with Crippen molar-refractivity contribution in [2.75, 3.05) is 44.2 Å². The Kier molecular flexibility index (Phi) is 8.14. The number of likely N-dealkylation sites (N-methyl/N-ethyl adjacent to an activating group) is 1. The molecule has 1 aromatic carbocycles. The predicted octanol–water partition coefficient (Wildman–Crippen LogP) is 3.13. The van der Waals surface area contributed by atoms with E-state index in [1.54, 1.807) is 0 Å². The van der Waals surface area contributed by atoms with Crippen LogP contribution < -0.4 is 15.5 Å². The second-order valence-electron chi connectivity index (χ2n) is 7.12. The van der Waals surface area contributed by atoms with Crippen LogP contribution in [-0.4, -0.2) is 55.1 Å². The highest BCUT2D eigenvalue weighted by molar-refractivity contribution is 6.30. The molecule has 0 aliphatic carbocycles. The summed E-state index contributed by atoms with van der Waals surface area (Å²) in [5.74, 6) is 1.84. The average molecular weight is 415 g/mol. The van der Waals surface area contributed by atoms with E-state index in [-0.39, 0.29) is 0 Å². The second-order valence-corrected chi connectivity index (χ2v) is 7.56. The zero-order chi connectivity index (χ0) is 20.5. The van der Waals surface area contributed by atoms with Crippen molar-refractivity contribution in [1.29, 1.82) is 0 Å². The van der Waals surface area contributed by atoms with Gasteiger partial charge >= 0.3 is 0 Å². The summed E-state index contributed by atoms with van der Waals surface area (Å²) in [7, 11) is 0. The summed E-state index contributed by atoms with van der Waals surface area (Å²) in [6, 6.07) is 12.1. The number of piperazine rings is 1. The van der Waals surface area contributed by atoms with E-state index < -0.39 is 0 Å². The molecule has 0 spiro atoms. The maximum absolute atomic E-state index is 6.06. The van der Waals surface area contributed by atoms with Gasteiger partial charge in [0.1, 0.15) is 5.82 Å². The summed E-state index contributed by atoms with van der Waals surface area (Å²) in [4.78, 5) is 14.2. The van der Waals surface area contributed by atoms with Crippen molar-refractivity contribution in [2.45, 2.75) is 26.9 Å². The number of hydrogen-bond donors (Lipinski definition) is 2. The van der Waals surface area contributed by atoms with Crippen LogP contribution in [0.5, 0.6) is 0 Å². The fourth-order valence-electron chi connectivity index (χ4n) is 3.34. The van der Waals surface area contributed by atoms with Crippen LogP contribution in [-0.2, 0) is 13.1 Å². The van der Waals surface area contributed by atoms with Crippen molar-refractivity contribution in [3.8, 4) is 0 Å². The number of nitrogens with zero attached hydrogens (tertiary/aromatic N) is 4. The van der Waals surface area contributed by atoms with Gasteiger partial charge in [0.15, 0.2) is 5.96 Å². The molecule has 156 valence electrons. The van der Waals surface area contributed by atoms with E-state index in [0.717, 1.165) is 67.2 Å². The van der Waals surface area contributed by atoms with Gasteiger partial charge in [0.05, 0.1) is 6.54 Å². The van der Waals surface area contributed by atoms with Crippen LogP contribution in [0.15, 0.2) is 47.6 Å². The molecule has 2 aromatic rings. The number of nitrogens with one attached hydrogen (secondary N) is 2. The molecule has 7 heteroatoms. The fourth-order valence-corrected chi connectivity index (χ4v) is 3.55. The number of hydrogen-bond acceptors (Lipinski definition) is 4. The highest BCUT2D eigenvalue weighted by Gasteiger charge is 2.16. The van der Waals surface area contributed by atoms with Crippen LogP contribution in [0.4, 0.5) is 5.82 Å². The van der Waals surface area contributed by atoms with Gasteiger partial charge in [-0.25, -0.2) is 9.98 Å². The molecule has 1 saturated heterocycles. The third kappa shape index (κ3) is 6.61. The fraction of sp³-hybridized carbons (Fsp3) is 0.455. The molecule has 0 unspecified atom stereocenters. The van der Waals surface area contributed by atoms with Gasteiger partial charge in [-0.05, 0) is 42.8 Å². The van der Waals surface area contributed by atoms with Gasteiger partial charge in [0.25, 0.3) is 0 Å². The minimum absolute atomic E-state index is 0.585. The summed E-state index contributed by atoms with van der Waals surface area (Å²) >= 11 is 6.06. The molecular formula is C22H31ClN6. The Balaban J connectivity index is 1.54. The molecule has 3 rings (SSSR count). The van der Waals surface area contributed by atoms with Crippen molar-refractivity contribution < 1.29 is 0 Å².